The Balaban J connectivity index is 2.00. The minimum Gasteiger partial charge on any atom is -0.369 e. The largest absolute Gasteiger partial charge is 0.369 e. The molecule has 1 aromatic carbocycles. The lowest BCUT2D eigenvalue weighted by Gasteiger charge is -2.25. The van der Waals surface area contributed by atoms with Gasteiger partial charge in [0, 0.05) is 12.6 Å². The van der Waals surface area contributed by atoms with E-state index in [1.54, 1.807) is 0 Å². The molecule has 0 bridgehead atoms. The standard InChI is InChI=1S/C16H24FNO/c1-11(2)12(3)19-16(10-18-15-8-9-15)13-4-6-14(17)7-5-13/h4-7,11-12,15-16,18H,8-10H2,1-3H3. The summed E-state index contributed by atoms with van der Waals surface area (Å²) in [5.74, 6) is 0.276. The number of halogens is 1. The van der Waals surface area contributed by atoms with E-state index in [-0.39, 0.29) is 18.0 Å². The molecule has 0 aromatic heterocycles. The maximum atomic E-state index is 13.0. The van der Waals surface area contributed by atoms with E-state index >= 15 is 0 Å². The zero-order valence-corrected chi connectivity index (χ0v) is 12.0. The second-order valence-electron chi connectivity index (χ2n) is 5.81. The van der Waals surface area contributed by atoms with Gasteiger partial charge in [-0.05, 0) is 43.4 Å². The van der Waals surface area contributed by atoms with Gasteiger partial charge in [-0.15, -0.1) is 0 Å². The predicted octanol–water partition coefficient (Wildman–Crippen LogP) is 3.68. The van der Waals surface area contributed by atoms with Gasteiger partial charge in [0.15, 0.2) is 0 Å². The minimum atomic E-state index is -0.199. The molecule has 1 saturated carbocycles. The van der Waals surface area contributed by atoms with Gasteiger partial charge in [-0.25, -0.2) is 4.39 Å². The molecule has 1 fully saturated rings. The van der Waals surface area contributed by atoms with Crippen LogP contribution in [0.5, 0.6) is 0 Å². The number of hydrogen-bond donors (Lipinski definition) is 1. The molecular weight excluding hydrogens is 241 g/mol. The van der Waals surface area contributed by atoms with Crippen LogP contribution >= 0.6 is 0 Å². The van der Waals surface area contributed by atoms with E-state index in [0.29, 0.717) is 12.0 Å². The molecule has 0 aliphatic heterocycles. The SMILES string of the molecule is CC(C)C(C)OC(CNC1CC1)c1ccc(F)cc1. The highest BCUT2D eigenvalue weighted by Crippen LogP contribution is 2.24. The van der Waals surface area contributed by atoms with Crippen LogP contribution < -0.4 is 5.32 Å². The van der Waals surface area contributed by atoms with Crippen molar-refractivity contribution in [2.45, 2.75) is 51.9 Å². The van der Waals surface area contributed by atoms with Crippen LogP contribution in [0.2, 0.25) is 0 Å². The van der Waals surface area contributed by atoms with Crippen molar-refractivity contribution in [1.82, 2.24) is 5.32 Å². The van der Waals surface area contributed by atoms with Crippen molar-refractivity contribution < 1.29 is 9.13 Å². The van der Waals surface area contributed by atoms with Gasteiger partial charge < -0.3 is 10.1 Å². The second-order valence-corrected chi connectivity index (χ2v) is 5.81. The van der Waals surface area contributed by atoms with Crippen LogP contribution in [-0.2, 0) is 4.74 Å². The summed E-state index contributed by atoms with van der Waals surface area (Å²) >= 11 is 0. The Bertz CT molecular complexity index is 386. The van der Waals surface area contributed by atoms with E-state index in [1.807, 2.05) is 12.1 Å². The zero-order valence-electron chi connectivity index (χ0n) is 12.0. The van der Waals surface area contributed by atoms with E-state index in [1.165, 1.54) is 25.0 Å². The van der Waals surface area contributed by atoms with Crippen molar-refractivity contribution >= 4 is 0 Å². The molecule has 19 heavy (non-hydrogen) atoms. The first kappa shape index (κ1) is 14.5. The molecule has 1 aromatic rings. The normalized spacial score (nSPS) is 18.6. The van der Waals surface area contributed by atoms with Gasteiger partial charge in [-0.1, -0.05) is 26.0 Å². The number of benzene rings is 1. The third-order valence-electron chi connectivity index (χ3n) is 3.73. The Morgan fingerprint density at radius 3 is 2.37 bits per heavy atom. The summed E-state index contributed by atoms with van der Waals surface area (Å²) in [7, 11) is 0. The van der Waals surface area contributed by atoms with Crippen molar-refractivity contribution in [3.05, 3.63) is 35.6 Å². The maximum absolute atomic E-state index is 13.0. The zero-order chi connectivity index (χ0) is 13.8. The van der Waals surface area contributed by atoms with Gasteiger partial charge in [0.25, 0.3) is 0 Å². The van der Waals surface area contributed by atoms with Gasteiger partial charge >= 0.3 is 0 Å². The highest BCUT2D eigenvalue weighted by atomic mass is 19.1. The van der Waals surface area contributed by atoms with E-state index in [0.717, 1.165) is 12.1 Å². The molecule has 2 atom stereocenters. The van der Waals surface area contributed by atoms with E-state index < -0.39 is 0 Å². The first-order chi connectivity index (χ1) is 9.06. The Labute approximate surface area is 115 Å². The fraction of sp³-hybridized carbons (Fsp3) is 0.625. The van der Waals surface area contributed by atoms with E-state index in [2.05, 4.69) is 26.1 Å². The Morgan fingerprint density at radius 1 is 1.21 bits per heavy atom. The quantitative estimate of drug-likeness (QED) is 0.812. The molecule has 0 radical (unpaired) electrons. The second kappa shape index (κ2) is 6.49. The average molecular weight is 265 g/mol. The topological polar surface area (TPSA) is 21.3 Å². The lowest BCUT2D eigenvalue weighted by Crippen LogP contribution is -2.29. The minimum absolute atomic E-state index is 0.00130. The monoisotopic (exact) mass is 265 g/mol. The van der Waals surface area contributed by atoms with Gasteiger partial charge in [-0.3, -0.25) is 0 Å². The highest BCUT2D eigenvalue weighted by molar-refractivity contribution is 5.19. The van der Waals surface area contributed by atoms with Crippen LogP contribution in [0.15, 0.2) is 24.3 Å². The van der Waals surface area contributed by atoms with E-state index in [9.17, 15) is 4.39 Å². The van der Waals surface area contributed by atoms with Gasteiger partial charge in [0.1, 0.15) is 5.82 Å². The summed E-state index contributed by atoms with van der Waals surface area (Å²) in [5.41, 5.74) is 1.04. The Hall–Kier alpha value is -0.930. The molecular formula is C16H24FNO. The molecule has 2 rings (SSSR count). The van der Waals surface area contributed by atoms with Crippen molar-refractivity contribution in [3.8, 4) is 0 Å². The number of ether oxygens (including phenoxy) is 1. The van der Waals surface area contributed by atoms with E-state index in [4.69, 9.17) is 4.74 Å². The molecule has 1 N–H and O–H groups in total. The average Bonchev–Trinajstić information content (AvgIpc) is 3.19. The van der Waals surface area contributed by atoms with Crippen molar-refractivity contribution in [1.29, 1.82) is 0 Å². The van der Waals surface area contributed by atoms with Crippen LogP contribution in [0, 0.1) is 11.7 Å². The Kier molecular flexibility index (Phi) is 4.94. The number of hydrogen-bond acceptors (Lipinski definition) is 2. The predicted molar refractivity (Wildman–Crippen MR) is 75.6 cm³/mol. The first-order valence-electron chi connectivity index (χ1n) is 7.20. The third-order valence-corrected chi connectivity index (χ3v) is 3.73. The fourth-order valence-electron chi connectivity index (χ4n) is 1.90. The first-order valence-corrected chi connectivity index (χ1v) is 7.20. The Morgan fingerprint density at radius 2 is 1.84 bits per heavy atom. The van der Waals surface area contributed by atoms with Crippen molar-refractivity contribution in [3.63, 3.8) is 0 Å². The molecule has 3 heteroatoms. The van der Waals surface area contributed by atoms with Crippen LogP contribution in [0.1, 0.15) is 45.3 Å². The summed E-state index contributed by atoms with van der Waals surface area (Å²) in [5, 5.41) is 3.50. The van der Waals surface area contributed by atoms with Gasteiger partial charge in [-0.2, -0.15) is 0 Å². The van der Waals surface area contributed by atoms with Gasteiger partial charge in [0.2, 0.25) is 0 Å². The molecule has 2 unspecified atom stereocenters. The molecule has 106 valence electrons. The van der Waals surface area contributed by atoms with Crippen LogP contribution in [0.3, 0.4) is 0 Å². The smallest absolute Gasteiger partial charge is 0.123 e. The molecule has 0 saturated heterocycles. The summed E-state index contributed by atoms with van der Waals surface area (Å²) in [6, 6.07) is 7.30. The fourth-order valence-corrected chi connectivity index (χ4v) is 1.90. The third kappa shape index (κ3) is 4.59. The molecule has 0 spiro atoms. The van der Waals surface area contributed by atoms with Crippen LogP contribution in [-0.4, -0.2) is 18.7 Å². The number of nitrogens with one attached hydrogen (secondary N) is 1. The van der Waals surface area contributed by atoms with Gasteiger partial charge in [0.05, 0.1) is 12.2 Å². The number of rotatable bonds is 7. The summed E-state index contributed by atoms with van der Waals surface area (Å²) in [6.45, 7) is 7.20. The van der Waals surface area contributed by atoms with Crippen molar-refractivity contribution in [2.75, 3.05) is 6.54 Å². The molecule has 0 heterocycles. The maximum Gasteiger partial charge on any atom is 0.123 e. The molecule has 1 aliphatic carbocycles. The van der Waals surface area contributed by atoms with Crippen LogP contribution in [0.25, 0.3) is 0 Å². The highest BCUT2D eigenvalue weighted by Gasteiger charge is 2.24. The summed E-state index contributed by atoms with van der Waals surface area (Å²) in [4.78, 5) is 0. The van der Waals surface area contributed by atoms with Crippen LogP contribution in [0.4, 0.5) is 4.39 Å². The molecule has 0 amide bonds. The lowest BCUT2D eigenvalue weighted by atomic mass is 10.1. The lowest BCUT2D eigenvalue weighted by molar-refractivity contribution is -0.0261. The molecule has 1 aliphatic rings. The van der Waals surface area contributed by atoms with Crippen molar-refractivity contribution in [2.24, 2.45) is 5.92 Å². The summed E-state index contributed by atoms with van der Waals surface area (Å²) in [6.07, 6.45) is 2.71. The summed E-state index contributed by atoms with van der Waals surface area (Å²) < 4.78 is 19.1. The molecule has 2 nitrogen and oxygen atoms in total.